The Labute approximate surface area is 116 Å². The van der Waals surface area contributed by atoms with Crippen LogP contribution in [0.1, 0.15) is 18.6 Å². The smallest absolute Gasteiger partial charge is 0.123 e. The van der Waals surface area contributed by atoms with Gasteiger partial charge in [-0.05, 0) is 30.7 Å². The maximum Gasteiger partial charge on any atom is 0.123 e. The van der Waals surface area contributed by atoms with Gasteiger partial charge in [-0.2, -0.15) is 5.10 Å². The van der Waals surface area contributed by atoms with Crippen LogP contribution in [0.2, 0.25) is 0 Å². The number of benzene rings is 2. The Kier molecular flexibility index (Phi) is 3.03. The van der Waals surface area contributed by atoms with Crippen molar-refractivity contribution in [2.45, 2.75) is 13.0 Å². The van der Waals surface area contributed by atoms with E-state index in [0.717, 1.165) is 27.7 Å². The number of aliphatic hydroxyl groups excluding tert-OH is 1. The third-order valence-corrected chi connectivity index (χ3v) is 3.46. The molecule has 0 aliphatic carbocycles. The van der Waals surface area contributed by atoms with Crippen LogP contribution in [-0.4, -0.2) is 14.9 Å². The highest BCUT2D eigenvalue weighted by Gasteiger charge is 2.12. The summed E-state index contributed by atoms with van der Waals surface area (Å²) < 4.78 is 15.1. The van der Waals surface area contributed by atoms with Gasteiger partial charge in [-0.25, -0.2) is 4.39 Å². The van der Waals surface area contributed by atoms with Crippen molar-refractivity contribution in [3.05, 3.63) is 53.8 Å². The molecule has 0 aliphatic rings. The predicted molar refractivity (Wildman–Crippen MR) is 76.7 cm³/mol. The minimum Gasteiger partial charge on any atom is -0.389 e. The molecule has 3 aromatic rings. The topological polar surface area (TPSA) is 38.1 Å². The van der Waals surface area contributed by atoms with Gasteiger partial charge in [-0.15, -0.1) is 0 Å². The third kappa shape index (κ3) is 2.08. The molecule has 2 aromatic carbocycles. The highest BCUT2D eigenvalue weighted by Crippen LogP contribution is 2.29. The Morgan fingerprint density at radius 2 is 2.00 bits per heavy atom. The second kappa shape index (κ2) is 4.72. The molecule has 0 aliphatic heterocycles. The molecule has 0 fully saturated rings. The van der Waals surface area contributed by atoms with Crippen molar-refractivity contribution in [3.8, 4) is 11.3 Å². The zero-order valence-corrected chi connectivity index (χ0v) is 11.3. The number of halogens is 1. The summed E-state index contributed by atoms with van der Waals surface area (Å²) in [6.45, 7) is 1.73. The van der Waals surface area contributed by atoms with Crippen LogP contribution >= 0.6 is 0 Å². The van der Waals surface area contributed by atoms with E-state index in [1.807, 2.05) is 31.3 Å². The summed E-state index contributed by atoms with van der Waals surface area (Å²) in [7, 11) is 1.84. The lowest BCUT2D eigenvalue weighted by Crippen LogP contribution is -1.93. The zero-order valence-electron chi connectivity index (χ0n) is 11.3. The molecular weight excluding hydrogens is 255 g/mol. The van der Waals surface area contributed by atoms with Gasteiger partial charge in [-0.1, -0.05) is 24.3 Å². The maximum atomic E-state index is 13.4. The third-order valence-electron chi connectivity index (χ3n) is 3.46. The lowest BCUT2D eigenvalue weighted by atomic mass is 10.0. The molecule has 1 aromatic heterocycles. The Morgan fingerprint density at radius 3 is 2.70 bits per heavy atom. The van der Waals surface area contributed by atoms with Gasteiger partial charge in [0.25, 0.3) is 0 Å². The van der Waals surface area contributed by atoms with Crippen molar-refractivity contribution < 1.29 is 9.50 Å². The molecular formula is C16H15FN2O. The van der Waals surface area contributed by atoms with E-state index in [4.69, 9.17) is 0 Å². The number of aliphatic hydroxyl groups is 1. The molecule has 0 saturated heterocycles. The number of aromatic nitrogens is 2. The van der Waals surface area contributed by atoms with Crippen molar-refractivity contribution in [2.24, 2.45) is 7.05 Å². The minimum atomic E-state index is -0.521. The Bertz CT molecular complexity index is 777. The highest BCUT2D eigenvalue weighted by atomic mass is 19.1. The average Bonchev–Trinajstić information content (AvgIpc) is 2.76. The number of aryl methyl sites for hydroxylation is 1. The molecule has 1 unspecified atom stereocenters. The van der Waals surface area contributed by atoms with Crippen molar-refractivity contribution in [2.75, 3.05) is 0 Å². The van der Waals surface area contributed by atoms with Gasteiger partial charge in [-0.3, -0.25) is 4.68 Å². The molecule has 0 bridgehead atoms. The Morgan fingerprint density at radius 1 is 1.20 bits per heavy atom. The van der Waals surface area contributed by atoms with Crippen LogP contribution < -0.4 is 0 Å². The average molecular weight is 270 g/mol. The summed E-state index contributed by atoms with van der Waals surface area (Å²) in [4.78, 5) is 0. The normalized spacial score (nSPS) is 12.8. The summed E-state index contributed by atoms with van der Waals surface area (Å²) in [6.07, 6.45) is -0.521. The highest BCUT2D eigenvalue weighted by molar-refractivity contribution is 5.93. The molecule has 0 amide bonds. The van der Waals surface area contributed by atoms with Crippen LogP contribution in [0, 0.1) is 5.82 Å². The molecule has 0 spiro atoms. The largest absolute Gasteiger partial charge is 0.389 e. The first-order valence-electron chi connectivity index (χ1n) is 6.47. The summed E-state index contributed by atoms with van der Waals surface area (Å²) in [5.74, 6) is -0.276. The first-order chi connectivity index (χ1) is 9.56. The summed E-state index contributed by atoms with van der Waals surface area (Å²) >= 11 is 0. The van der Waals surface area contributed by atoms with Crippen molar-refractivity contribution in [1.29, 1.82) is 0 Å². The van der Waals surface area contributed by atoms with E-state index in [1.165, 1.54) is 12.1 Å². The molecule has 1 heterocycles. The van der Waals surface area contributed by atoms with Crippen LogP contribution in [0.3, 0.4) is 0 Å². The van der Waals surface area contributed by atoms with E-state index in [1.54, 1.807) is 17.7 Å². The molecule has 4 heteroatoms. The van der Waals surface area contributed by atoms with E-state index in [9.17, 15) is 9.50 Å². The quantitative estimate of drug-likeness (QED) is 0.774. The number of fused-ring (bicyclic) bond motifs is 1. The number of hydrogen-bond acceptors (Lipinski definition) is 2. The molecule has 0 radical (unpaired) electrons. The molecule has 1 atom stereocenters. The SMILES string of the molecule is CC(O)c1ccc2c(-c3cccc(F)c3)nn(C)c2c1. The van der Waals surface area contributed by atoms with E-state index in [0.29, 0.717) is 0 Å². The first-order valence-corrected chi connectivity index (χ1v) is 6.47. The van der Waals surface area contributed by atoms with Crippen LogP contribution in [0.15, 0.2) is 42.5 Å². The van der Waals surface area contributed by atoms with Crippen molar-refractivity contribution in [1.82, 2.24) is 9.78 Å². The fourth-order valence-corrected chi connectivity index (χ4v) is 2.38. The van der Waals surface area contributed by atoms with Gasteiger partial charge in [0.1, 0.15) is 11.5 Å². The van der Waals surface area contributed by atoms with Gasteiger partial charge in [0, 0.05) is 18.0 Å². The maximum absolute atomic E-state index is 13.4. The van der Waals surface area contributed by atoms with Crippen LogP contribution in [-0.2, 0) is 7.05 Å². The van der Waals surface area contributed by atoms with Crippen LogP contribution in [0.4, 0.5) is 4.39 Å². The molecule has 20 heavy (non-hydrogen) atoms. The summed E-state index contributed by atoms with van der Waals surface area (Å²) in [6, 6.07) is 12.1. The monoisotopic (exact) mass is 270 g/mol. The minimum absolute atomic E-state index is 0.276. The Balaban J connectivity index is 2.23. The van der Waals surface area contributed by atoms with Gasteiger partial charge < -0.3 is 5.11 Å². The number of hydrogen-bond donors (Lipinski definition) is 1. The zero-order chi connectivity index (χ0) is 14.3. The standard InChI is InChI=1S/C16H15FN2O/c1-10(20)11-6-7-14-15(9-11)19(2)18-16(14)12-4-3-5-13(17)8-12/h3-10,20H,1-2H3. The summed E-state index contributed by atoms with van der Waals surface area (Å²) in [5, 5.41) is 15.1. The predicted octanol–water partition coefficient (Wildman–Crippen LogP) is 3.43. The van der Waals surface area contributed by atoms with Gasteiger partial charge in [0.15, 0.2) is 0 Å². The van der Waals surface area contributed by atoms with Crippen LogP contribution in [0.5, 0.6) is 0 Å². The van der Waals surface area contributed by atoms with Gasteiger partial charge in [0.2, 0.25) is 0 Å². The fourth-order valence-electron chi connectivity index (χ4n) is 2.38. The molecule has 3 nitrogen and oxygen atoms in total. The molecule has 3 rings (SSSR count). The van der Waals surface area contributed by atoms with E-state index in [-0.39, 0.29) is 5.82 Å². The summed E-state index contributed by atoms with van der Waals surface area (Å²) in [5.41, 5.74) is 3.26. The van der Waals surface area contributed by atoms with Gasteiger partial charge >= 0.3 is 0 Å². The van der Waals surface area contributed by atoms with Crippen molar-refractivity contribution in [3.63, 3.8) is 0 Å². The number of rotatable bonds is 2. The number of nitrogens with zero attached hydrogens (tertiary/aromatic N) is 2. The van der Waals surface area contributed by atoms with E-state index < -0.39 is 6.10 Å². The van der Waals surface area contributed by atoms with Crippen molar-refractivity contribution >= 4 is 10.9 Å². The lowest BCUT2D eigenvalue weighted by Gasteiger charge is -2.05. The van der Waals surface area contributed by atoms with Crippen LogP contribution in [0.25, 0.3) is 22.2 Å². The first kappa shape index (κ1) is 12.8. The molecule has 0 saturated carbocycles. The fraction of sp³-hybridized carbons (Fsp3) is 0.188. The molecule has 1 N–H and O–H groups in total. The molecule has 102 valence electrons. The Hall–Kier alpha value is -2.20. The van der Waals surface area contributed by atoms with E-state index in [2.05, 4.69) is 5.10 Å². The van der Waals surface area contributed by atoms with E-state index >= 15 is 0 Å². The van der Waals surface area contributed by atoms with Gasteiger partial charge in [0.05, 0.1) is 11.6 Å². The second-order valence-corrected chi connectivity index (χ2v) is 4.94. The lowest BCUT2D eigenvalue weighted by molar-refractivity contribution is 0.199. The second-order valence-electron chi connectivity index (χ2n) is 4.94.